The Hall–Kier alpha value is -0.900. The van der Waals surface area contributed by atoms with Crippen LogP contribution in [-0.2, 0) is 0 Å². The molecule has 80 valence electrons. The predicted molar refractivity (Wildman–Crippen MR) is 61.6 cm³/mol. The van der Waals surface area contributed by atoms with Gasteiger partial charge in [0.15, 0.2) is 0 Å². The molecule has 0 spiro atoms. The van der Waals surface area contributed by atoms with E-state index in [2.05, 4.69) is 33.2 Å². The Morgan fingerprint density at radius 2 is 2.27 bits per heavy atom. The quantitative estimate of drug-likeness (QED) is 0.895. The van der Waals surface area contributed by atoms with E-state index in [1.54, 1.807) is 12.3 Å². The van der Waals surface area contributed by atoms with Gasteiger partial charge < -0.3 is 5.32 Å². The molecule has 3 nitrogen and oxygen atoms in total. The minimum Gasteiger partial charge on any atom is -0.348 e. The van der Waals surface area contributed by atoms with Crippen LogP contribution < -0.4 is 5.32 Å². The molecule has 1 aliphatic carbocycles. The molecule has 4 heteroatoms. The fourth-order valence-electron chi connectivity index (χ4n) is 1.79. The van der Waals surface area contributed by atoms with Crippen LogP contribution in [0.25, 0.3) is 0 Å². The van der Waals surface area contributed by atoms with E-state index in [0.717, 1.165) is 23.2 Å². The molecule has 1 N–H and O–H groups in total. The summed E-state index contributed by atoms with van der Waals surface area (Å²) in [5, 5.41) is 2.97. The van der Waals surface area contributed by atoms with Gasteiger partial charge in [0.25, 0.3) is 5.91 Å². The molecule has 2 rings (SSSR count). The molecule has 1 aromatic heterocycles. The predicted octanol–water partition coefficient (Wildman–Crippen LogP) is 2.37. The molecule has 0 atom stereocenters. The van der Waals surface area contributed by atoms with Gasteiger partial charge in [-0.05, 0) is 46.8 Å². The molecule has 0 aromatic carbocycles. The average molecular weight is 269 g/mol. The van der Waals surface area contributed by atoms with Crippen molar-refractivity contribution in [3.05, 3.63) is 28.5 Å². The smallest absolute Gasteiger partial charge is 0.270 e. The summed E-state index contributed by atoms with van der Waals surface area (Å²) in [5.41, 5.74) is 0.484. The first kappa shape index (κ1) is 10.6. The van der Waals surface area contributed by atoms with Gasteiger partial charge in [0.1, 0.15) is 5.69 Å². The largest absolute Gasteiger partial charge is 0.348 e. The fraction of sp³-hybridized carbons (Fsp3) is 0.455. The number of amides is 1. The van der Waals surface area contributed by atoms with Crippen LogP contribution in [0.5, 0.6) is 0 Å². The lowest BCUT2D eigenvalue weighted by Crippen LogP contribution is -2.43. The number of nitrogens with zero attached hydrogens (tertiary/aromatic N) is 1. The molecule has 1 amide bonds. The third kappa shape index (κ3) is 2.56. The maximum atomic E-state index is 11.7. The fourth-order valence-corrected chi connectivity index (χ4v) is 2.02. The van der Waals surface area contributed by atoms with Crippen LogP contribution >= 0.6 is 15.9 Å². The Labute approximate surface area is 97.4 Å². The second-order valence-electron chi connectivity index (χ2n) is 4.11. The Morgan fingerprint density at radius 1 is 1.53 bits per heavy atom. The van der Waals surface area contributed by atoms with E-state index in [-0.39, 0.29) is 5.91 Å². The Kier molecular flexibility index (Phi) is 3.05. The van der Waals surface area contributed by atoms with Gasteiger partial charge >= 0.3 is 0 Å². The zero-order valence-electron chi connectivity index (χ0n) is 8.53. The highest BCUT2D eigenvalue weighted by Crippen LogP contribution is 2.26. The molecule has 1 aromatic rings. The molecular weight excluding hydrogens is 256 g/mol. The summed E-state index contributed by atoms with van der Waals surface area (Å²) in [6, 6.07) is 3.89. The molecule has 0 unspecified atom stereocenters. The first-order valence-corrected chi connectivity index (χ1v) is 5.87. The number of hydrogen-bond acceptors (Lipinski definition) is 2. The Bertz CT molecular complexity index is 357. The van der Waals surface area contributed by atoms with Crippen molar-refractivity contribution in [2.45, 2.75) is 25.8 Å². The number of aromatic nitrogens is 1. The van der Waals surface area contributed by atoms with Crippen LogP contribution in [0.2, 0.25) is 0 Å². The molecule has 1 heterocycles. The summed E-state index contributed by atoms with van der Waals surface area (Å²) in [7, 11) is 0. The van der Waals surface area contributed by atoms with E-state index < -0.39 is 0 Å². The third-order valence-electron chi connectivity index (χ3n) is 2.67. The highest BCUT2D eigenvalue weighted by atomic mass is 79.9. The van der Waals surface area contributed by atoms with Crippen molar-refractivity contribution >= 4 is 21.8 Å². The third-order valence-corrected chi connectivity index (χ3v) is 3.14. The SMILES string of the molecule is CC1CC(NC(=O)c2ccc(Br)cn2)C1. The summed E-state index contributed by atoms with van der Waals surface area (Å²) in [6.07, 6.45) is 3.81. The topological polar surface area (TPSA) is 42.0 Å². The van der Waals surface area contributed by atoms with Crippen molar-refractivity contribution < 1.29 is 4.79 Å². The zero-order chi connectivity index (χ0) is 10.8. The van der Waals surface area contributed by atoms with E-state index in [4.69, 9.17) is 0 Å². The van der Waals surface area contributed by atoms with Crippen LogP contribution in [0.3, 0.4) is 0 Å². The van der Waals surface area contributed by atoms with E-state index in [1.807, 2.05) is 6.07 Å². The number of carbonyl (C=O) groups excluding carboxylic acids is 1. The van der Waals surface area contributed by atoms with Crippen molar-refractivity contribution in [1.29, 1.82) is 0 Å². The van der Waals surface area contributed by atoms with Crippen LogP contribution in [0.15, 0.2) is 22.8 Å². The summed E-state index contributed by atoms with van der Waals surface area (Å²) < 4.78 is 0.885. The van der Waals surface area contributed by atoms with Gasteiger partial charge in [-0.2, -0.15) is 0 Å². The Balaban J connectivity index is 1.93. The molecule has 0 saturated heterocycles. The van der Waals surface area contributed by atoms with Gasteiger partial charge in [0.05, 0.1) is 0 Å². The van der Waals surface area contributed by atoms with Gasteiger partial charge in [-0.15, -0.1) is 0 Å². The first-order valence-electron chi connectivity index (χ1n) is 5.07. The average Bonchev–Trinajstić information content (AvgIpc) is 2.16. The molecule has 1 saturated carbocycles. The van der Waals surface area contributed by atoms with Gasteiger partial charge in [-0.3, -0.25) is 4.79 Å². The van der Waals surface area contributed by atoms with Gasteiger partial charge in [0.2, 0.25) is 0 Å². The molecule has 0 bridgehead atoms. The maximum absolute atomic E-state index is 11.7. The second-order valence-corrected chi connectivity index (χ2v) is 5.02. The minimum atomic E-state index is -0.0700. The minimum absolute atomic E-state index is 0.0700. The standard InChI is InChI=1S/C11H13BrN2O/c1-7-4-9(5-7)14-11(15)10-3-2-8(12)6-13-10/h2-3,6-7,9H,4-5H2,1H3,(H,14,15). The van der Waals surface area contributed by atoms with Crippen molar-refractivity contribution in [3.63, 3.8) is 0 Å². The Morgan fingerprint density at radius 3 is 2.80 bits per heavy atom. The lowest BCUT2D eigenvalue weighted by atomic mass is 9.82. The van der Waals surface area contributed by atoms with Crippen LogP contribution in [-0.4, -0.2) is 16.9 Å². The normalized spacial score (nSPS) is 24.4. The molecular formula is C11H13BrN2O. The summed E-state index contributed by atoms with van der Waals surface area (Å²) in [5.74, 6) is 0.674. The summed E-state index contributed by atoms with van der Waals surface area (Å²) in [4.78, 5) is 15.7. The van der Waals surface area contributed by atoms with E-state index in [0.29, 0.717) is 11.7 Å². The molecule has 1 fully saturated rings. The molecule has 1 aliphatic rings. The lowest BCUT2D eigenvalue weighted by molar-refractivity contribution is 0.0891. The van der Waals surface area contributed by atoms with Crippen molar-refractivity contribution in [2.24, 2.45) is 5.92 Å². The van der Waals surface area contributed by atoms with Crippen molar-refractivity contribution in [1.82, 2.24) is 10.3 Å². The highest BCUT2D eigenvalue weighted by Gasteiger charge is 2.26. The van der Waals surface area contributed by atoms with Gasteiger partial charge in [0, 0.05) is 16.7 Å². The van der Waals surface area contributed by atoms with Gasteiger partial charge in [-0.1, -0.05) is 6.92 Å². The molecule has 15 heavy (non-hydrogen) atoms. The highest BCUT2D eigenvalue weighted by molar-refractivity contribution is 9.10. The zero-order valence-corrected chi connectivity index (χ0v) is 10.1. The van der Waals surface area contributed by atoms with E-state index in [9.17, 15) is 4.79 Å². The maximum Gasteiger partial charge on any atom is 0.270 e. The van der Waals surface area contributed by atoms with E-state index >= 15 is 0 Å². The first-order chi connectivity index (χ1) is 7.15. The number of halogens is 1. The molecule has 0 radical (unpaired) electrons. The van der Waals surface area contributed by atoms with Crippen LogP contribution in [0.1, 0.15) is 30.3 Å². The lowest BCUT2D eigenvalue weighted by Gasteiger charge is -2.33. The van der Waals surface area contributed by atoms with Crippen molar-refractivity contribution in [2.75, 3.05) is 0 Å². The number of hydrogen-bond donors (Lipinski definition) is 1. The second kappa shape index (κ2) is 4.31. The number of pyridine rings is 1. The van der Waals surface area contributed by atoms with Crippen molar-refractivity contribution in [3.8, 4) is 0 Å². The van der Waals surface area contributed by atoms with Crippen LogP contribution in [0.4, 0.5) is 0 Å². The summed E-state index contributed by atoms with van der Waals surface area (Å²) in [6.45, 7) is 2.19. The number of rotatable bonds is 2. The van der Waals surface area contributed by atoms with Gasteiger partial charge in [-0.25, -0.2) is 4.98 Å². The molecule has 0 aliphatic heterocycles. The monoisotopic (exact) mass is 268 g/mol. The number of carbonyl (C=O) groups is 1. The van der Waals surface area contributed by atoms with Crippen LogP contribution in [0, 0.1) is 5.92 Å². The van der Waals surface area contributed by atoms with E-state index in [1.165, 1.54) is 0 Å². The summed E-state index contributed by atoms with van der Waals surface area (Å²) >= 11 is 3.28. The number of nitrogens with one attached hydrogen (secondary N) is 1.